The van der Waals surface area contributed by atoms with Crippen molar-refractivity contribution in [1.29, 1.82) is 0 Å². The zero-order valence-electron chi connectivity index (χ0n) is 51.0. The molecular formula is C65H129N2O7P. The van der Waals surface area contributed by atoms with Gasteiger partial charge in [-0.1, -0.05) is 309 Å². The van der Waals surface area contributed by atoms with Crippen molar-refractivity contribution in [2.24, 2.45) is 0 Å². The van der Waals surface area contributed by atoms with Gasteiger partial charge in [0.05, 0.1) is 33.8 Å². The van der Waals surface area contributed by atoms with Crippen molar-refractivity contribution in [3.63, 3.8) is 0 Å². The summed E-state index contributed by atoms with van der Waals surface area (Å²) in [5.74, 6) is -0.517. The number of nitrogens with zero attached hydrogens (tertiary/aromatic N) is 1. The molecule has 0 fully saturated rings. The van der Waals surface area contributed by atoms with E-state index in [1.165, 1.54) is 250 Å². The van der Waals surface area contributed by atoms with Crippen LogP contribution in [-0.2, 0) is 27.9 Å². The third-order valence-corrected chi connectivity index (χ3v) is 16.2. The smallest absolute Gasteiger partial charge is 0.306 e. The molecule has 0 saturated heterocycles. The lowest BCUT2D eigenvalue weighted by molar-refractivity contribution is -0.870. The van der Waals surface area contributed by atoms with Crippen LogP contribution in [0.1, 0.15) is 342 Å². The summed E-state index contributed by atoms with van der Waals surface area (Å²) in [6.07, 6.45) is 64.7. The maximum absolute atomic E-state index is 13.5. The fourth-order valence-electron chi connectivity index (χ4n) is 10.1. The molecule has 1 N–H and O–H groups in total. The number of quaternary nitrogens is 1. The monoisotopic (exact) mass is 1080 g/mol. The van der Waals surface area contributed by atoms with E-state index in [1.807, 2.05) is 33.3 Å². The van der Waals surface area contributed by atoms with Crippen LogP contribution >= 0.6 is 7.82 Å². The number of allylic oxidation sites excluding steroid dienone is 1. The van der Waals surface area contributed by atoms with E-state index in [2.05, 4.69) is 26.1 Å². The van der Waals surface area contributed by atoms with Crippen LogP contribution in [0.25, 0.3) is 0 Å². The van der Waals surface area contributed by atoms with Gasteiger partial charge in [0.25, 0.3) is 7.82 Å². The van der Waals surface area contributed by atoms with Crippen LogP contribution in [0.2, 0.25) is 0 Å². The van der Waals surface area contributed by atoms with Gasteiger partial charge in [-0.15, -0.1) is 0 Å². The van der Waals surface area contributed by atoms with Crippen LogP contribution in [-0.4, -0.2) is 69.4 Å². The van der Waals surface area contributed by atoms with E-state index < -0.39 is 20.0 Å². The van der Waals surface area contributed by atoms with E-state index in [0.717, 1.165) is 57.8 Å². The highest BCUT2D eigenvalue weighted by molar-refractivity contribution is 7.45. The third-order valence-electron chi connectivity index (χ3n) is 15.2. The summed E-state index contributed by atoms with van der Waals surface area (Å²) in [4.78, 5) is 40.0. The average molecular weight is 1080 g/mol. The second-order valence-corrected chi connectivity index (χ2v) is 25.4. The molecule has 0 spiro atoms. The van der Waals surface area contributed by atoms with Gasteiger partial charge in [-0.2, -0.15) is 0 Å². The first-order valence-corrected chi connectivity index (χ1v) is 34.5. The molecule has 0 saturated carbocycles. The Kier molecular flexibility index (Phi) is 55.1. The number of hydrogen-bond donors (Lipinski definition) is 1. The quantitative estimate of drug-likeness (QED) is 0.0212. The third kappa shape index (κ3) is 57.3. The predicted molar refractivity (Wildman–Crippen MR) is 321 cm³/mol. The number of hydrogen-bond acceptors (Lipinski definition) is 7. The lowest BCUT2D eigenvalue weighted by Gasteiger charge is -2.30. The summed E-state index contributed by atoms with van der Waals surface area (Å²) in [6, 6.07) is -0.879. The van der Waals surface area contributed by atoms with Gasteiger partial charge in [0.1, 0.15) is 19.3 Å². The fourth-order valence-corrected chi connectivity index (χ4v) is 10.8. The standard InChI is InChI=1S/C65H129N2O7P/c1-7-10-13-16-19-22-25-27-29-31-32-33-34-36-38-40-43-46-49-52-55-58-65(69)74-63(56-53-50-47-44-41-24-21-18-15-12-9-3)62(61-73-75(70,71)72-60-59-67(4,5)6)66-64(68)57-54-51-48-45-42-39-37-35-30-28-26-23-20-17-14-11-8-2/h53,56,62-63H,7-52,54-55,57-61H2,1-6H3,(H-,66,68,70,71)/b56-53+. The van der Waals surface area contributed by atoms with Crippen molar-refractivity contribution in [3.05, 3.63) is 12.2 Å². The highest BCUT2D eigenvalue weighted by atomic mass is 31.2. The molecule has 0 radical (unpaired) electrons. The van der Waals surface area contributed by atoms with Gasteiger partial charge in [-0.25, -0.2) is 0 Å². The molecule has 0 bridgehead atoms. The van der Waals surface area contributed by atoms with Gasteiger partial charge in [0, 0.05) is 12.8 Å². The predicted octanol–water partition coefficient (Wildman–Crippen LogP) is 19.7. The van der Waals surface area contributed by atoms with Crippen molar-refractivity contribution in [2.45, 2.75) is 354 Å². The summed E-state index contributed by atoms with van der Waals surface area (Å²) in [5.41, 5.74) is 0. The van der Waals surface area contributed by atoms with Crippen LogP contribution in [0.5, 0.6) is 0 Å². The van der Waals surface area contributed by atoms with Gasteiger partial charge >= 0.3 is 5.97 Å². The minimum atomic E-state index is -4.69. The van der Waals surface area contributed by atoms with Crippen LogP contribution < -0.4 is 10.2 Å². The van der Waals surface area contributed by atoms with E-state index in [0.29, 0.717) is 17.4 Å². The first-order chi connectivity index (χ1) is 36.4. The number of carbonyl (C=O) groups is 2. The Labute approximate surface area is 467 Å². The minimum Gasteiger partial charge on any atom is -0.756 e. The number of phosphoric acid groups is 1. The van der Waals surface area contributed by atoms with E-state index in [-0.39, 0.29) is 31.5 Å². The second-order valence-electron chi connectivity index (χ2n) is 24.0. The summed E-state index contributed by atoms with van der Waals surface area (Å²) in [7, 11) is 1.21. The lowest BCUT2D eigenvalue weighted by atomic mass is 10.0. The number of likely N-dealkylation sites (N-methyl/N-ethyl adjacent to an activating group) is 1. The first kappa shape index (κ1) is 73.8. The number of phosphoric ester groups is 1. The van der Waals surface area contributed by atoms with Gasteiger partial charge < -0.3 is 28.5 Å². The zero-order chi connectivity index (χ0) is 55.0. The highest BCUT2D eigenvalue weighted by Gasteiger charge is 2.27. The van der Waals surface area contributed by atoms with Crippen molar-refractivity contribution in [3.8, 4) is 0 Å². The Balaban J connectivity index is 5.08. The molecule has 9 nitrogen and oxygen atoms in total. The second kappa shape index (κ2) is 56.0. The molecular weight excluding hydrogens is 952 g/mol. The van der Waals surface area contributed by atoms with E-state index in [4.69, 9.17) is 13.8 Å². The number of nitrogens with one attached hydrogen (secondary N) is 1. The highest BCUT2D eigenvalue weighted by Crippen LogP contribution is 2.38. The largest absolute Gasteiger partial charge is 0.756 e. The van der Waals surface area contributed by atoms with Gasteiger partial charge in [0.2, 0.25) is 5.91 Å². The summed E-state index contributed by atoms with van der Waals surface area (Å²) >= 11 is 0. The molecule has 0 rings (SSSR count). The fraction of sp³-hybridized carbons (Fsp3) is 0.938. The Bertz CT molecular complexity index is 1290. The Morgan fingerprint density at radius 3 is 1.09 bits per heavy atom. The van der Waals surface area contributed by atoms with Crippen LogP contribution in [0, 0.1) is 0 Å². The maximum Gasteiger partial charge on any atom is 0.306 e. The maximum atomic E-state index is 13.5. The summed E-state index contributed by atoms with van der Waals surface area (Å²) in [5, 5.41) is 3.04. The van der Waals surface area contributed by atoms with Gasteiger partial charge in [-0.3, -0.25) is 14.2 Å². The Morgan fingerprint density at radius 2 is 0.760 bits per heavy atom. The molecule has 0 aliphatic carbocycles. The Morgan fingerprint density at radius 1 is 0.453 bits per heavy atom. The number of rotatable bonds is 61. The van der Waals surface area contributed by atoms with Crippen molar-refractivity contribution < 1.29 is 37.3 Å². The zero-order valence-corrected chi connectivity index (χ0v) is 51.9. The van der Waals surface area contributed by atoms with Crippen molar-refractivity contribution in [2.75, 3.05) is 40.9 Å². The molecule has 446 valence electrons. The normalized spacial score (nSPS) is 13.6. The van der Waals surface area contributed by atoms with E-state index in [9.17, 15) is 19.0 Å². The van der Waals surface area contributed by atoms with Crippen molar-refractivity contribution in [1.82, 2.24) is 5.32 Å². The molecule has 10 heteroatoms. The molecule has 1 amide bonds. The van der Waals surface area contributed by atoms with E-state index in [1.54, 1.807) is 0 Å². The van der Waals surface area contributed by atoms with Gasteiger partial charge in [-0.05, 0) is 31.8 Å². The molecule has 75 heavy (non-hydrogen) atoms. The van der Waals surface area contributed by atoms with Gasteiger partial charge in [0.15, 0.2) is 0 Å². The van der Waals surface area contributed by atoms with E-state index >= 15 is 0 Å². The number of esters is 1. The lowest BCUT2D eigenvalue weighted by Crippen LogP contribution is -2.47. The molecule has 3 atom stereocenters. The minimum absolute atomic E-state index is 0.0167. The number of ether oxygens (including phenoxy) is 1. The summed E-state index contributed by atoms with van der Waals surface area (Å²) in [6.45, 7) is 6.90. The molecule has 0 aliphatic heterocycles. The Hall–Kier alpha value is -1.25. The molecule has 0 aromatic rings. The summed E-state index contributed by atoms with van der Waals surface area (Å²) < 4.78 is 30.4. The van der Waals surface area contributed by atoms with Crippen LogP contribution in [0.4, 0.5) is 0 Å². The SMILES string of the molecule is CCCCCCCCCCC/C=C/C(OC(=O)CCCCCCCCCCCCCCCCCCCCCCC)C(COP(=O)([O-])OCC[N+](C)(C)C)NC(=O)CCCCCCCCCCCCCCCCCCC. The topological polar surface area (TPSA) is 114 Å². The number of unbranched alkanes of at least 4 members (excludes halogenated alkanes) is 45. The van der Waals surface area contributed by atoms with Crippen LogP contribution in [0.3, 0.4) is 0 Å². The molecule has 3 unspecified atom stereocenters. The molecule has 0 aliphatic rings. The molecule has 0 aromatic carbocycles. The molecule has 0 heterocycles. The van der Waals surface area contributed by atoms with Crippen molar-refractivity contribution >= 4 is 19.7 Å². The number of carbonyl (C=O) groups excluding carboxylic acids is 2. The molecule has 0 aromatic heterocycles. The average Bonchev–Trinajstić information content (AvgIpc) is 3.37. The first-order valence-electron chi connectivity index (χ1n) is 33.0. The number of amides is 1. The van der Waals surface area contributed by atoms with Crippen LogP contribution in [0.15, 0.2) is 12.2 Å².